The summed E-state index contributed by atoms with van der Waals surface area (Å²) < 4.78 is 0.664. The maximum atomic E-state index is 8.39. The molecular weight excluding hydrogens is 124 g/mol. The molecule has 0 aromatic rings. The molecule has 0 aromatic heterocycles. The Kier molecular flexibility index (Phi) is 3.54. The lowest BCUT2D eigenvalue weighted by Crippen LogP contribution is -2.39. The summed E-state index contributed by atoms with van der Waals surface area (Å²) >= 11 is 0. The van der Waals surface area contributed by atoms with E-state index in [-0.39, 0.29) is 0 Å². The van der Waals surface area contributed by atoms with Crippen LogP contribution in [0.2, 0.25) is 0 Å². The van der Waals surface area contributed by atoms with Gasteiger partial charge in [-0.05, 0) is 12.8 Å². The zero-order valence-electron chi connectivity index (χ0n) is 6.81. The summed E-state index contributed by atoms with van der Waals surface area (Å²) in [5, 5.41) is 8.39. The molecule has 0 N–H and O–H groups in total. The molecule has 0 atom stereocenters. The molecule has 54 valence electrons. The van der Waals surface area contributed by atoms with Crippen molar-refractivity contribution in [2.45, 2.75) is 6.92 Å². The summed E-state index contributed by atoms with van der Waals surface area (Å²) in [5.74, 6) is 5.75. The van der Waals surface area contributed by atoms with Gasteiger partial charge in [-0.2, -0.15) is 5.26 Å². The number of rotatable bonds is 2. The van der Waals surface area contributed by atoms with E-state index in [0.717, 1.165) is 6.54 Å². The Morgan fingerprint density at radius 2 is 1.90 bits per heavy atom. The smallest absolute Gasteiger partial charge is 0.166 e. The largest absolute Gasteiger partial charge is 0.307 e. The van der Waals surface area contributed by atoms with Crippen molar-refractivity contribution < 1.29 is 4.48 Å². The van der Waals surface area contributed by atoms with Crippen LogP contribution in [-0.2, 0) is 0 Å². The van der Waals surface area contributed by atoms with E-state index in [0.29, 0.717) is 11.0 Å². The van der Waals surface area contributed by atoms with E-state index in [1.165, 1.54) is 0 Å². The van der Waals surface area contributed by atoms with E-state index < -0.39 is 0 Å². The zero-order valence-corrected chi connectivity index (χ0v) is 6.81. The zero-order chi connectivity index (χ0) is 8.04. The minimum Gasteiger partial charge on any atom is -0.307 e. The second kappa shape index (κ2) is 3.93. The van der Waals surface area contributed by atoms with Crippen LogP contribution in [0.5, 0.6) is 0 Å². The summed E-state index contributed by atoms with van der Waals surface area (Å²) in [6, 6.07) is 2.12. The molecule has 0 fully saturated rings. The van der Waals surface area contributed by atoms with Crippen molar-refractivity contribution in [3.8, 4) is 17.9 Å². The maximum Gasteiger partial charge on any atom is 0.166 e. The van der Waals surface area contributed by atoms with Gasteiger partial charge in [0.15, 0.2) is 6.54 Å². The first-order chi connectivity index (χ1) is 4.62. The van der Waals surface area contributed by atoms with Crippen LogP contribution in [0.4, 0.5) is 0 Å². The van der Waals surface area contributed by atoms with Gasteiger partial charge in [0.25, 0.3) is 0 Å². The molecule has 0 saturated heterocycles. The molecule has 0 amide bonds. The Bertz CT molecular complexity index is 188. The summed E-state index contributed by atoms with van der Waals surface area (Å²) in [6.45, 7) is 3.09. The van der Waals surface area contributed by atoms with E-state index in [9.17, 15) is 0 Å². The SMILES string of the molecule is CC#CC[N+](C)(C)CC#N. The van der Waals surface area contributed by atoms with Crippen molar-refractivity contribution in [2.75, 3.05) is 27.2 Å². The van der Waals surface area contributed by atoms with Crippen LogP contribution in [0.3, 0.4) is 0 Å². The van der Waals surface area contributed by atoms with Gasteiger partial charge in [-0.25, -0.2) is 0 Å². The summed E-state index contributed by atoms with van der Waals surface area (Å²) in [5.41, 5.74) is 0. The topological polar surface area (TPSA) is 23.8 Å². The van der Waals surface area contributed by atoms with Gasteiger partial charge in [-0.3, -0.25) is 0 Å². The highest BCUT2D eigenvalue weighted by Crippen LogP contribution is 1.92. The molecule has 0 aliphatic heterocycles. The third-order valence-corrected chi connectivity index (χ3v) is 1.18. The Morgan fingerprint density at radius 1 is 1.30 bits per heavy atom. The van der Waals surface area contributed by atoms with Crippen molar-refractivity contribution in [1.29, 1.82) is 5.26 Å². The van der Waals surface area contributed by atoms with Crippen molar-refractivity contribution in [3.05, 3.63) is 0 Å². The van der Waals surface area contributed by atoms with E-state index in [4.69, 9.17) is 5.26 Å². The van der Waals surface area contributed by atoms with Gasteiger partial charge in [0.1, 0.15) is 12.6 Å². The molecule has 0 aliphatic rings. The predicted molar refractivity (Wildman–Crippen MR) is 40.9 cm³/mol. The summed E-state index contributed by atoms with van der Waals surface area (Å²) in [7, 11) is 3.99. The van der Waals surface area contributed by atoms with Crippen LogP contribution in [0, 0.1) is 23.2 Å². The van der Waals surface area contributed by atoms with Gasteiger partial charge in [0.05, 0.1) is 14.1 Å². The molecule has 0 spiro atoms. The number of nitrogens with zero attached hydrogens (tertiary/aromatic N) is 2. The molecule has 2 heteroatoms. The molecule has 0 radical (unpaired) electrons. The number of hydrogen-bond donors (Lipinski definition) is 0. The number of nitriles is 1. The fourth-order valence-electron chi connectivity index (χ4n) is 0.540. The fraction of sp³-hybridized carbons (Fsp3) is 0.625. The normalized spacial score (nSPS) is 9.40. The maximum absolute atomic E-state index is 8.39. The lowest BCUT2D eigenvalue weighted by molar-refractivity contribution is -0.876. The molecule has 0 unspecified atom stereocenters. The van der Waals surface area contributed by atoms with E-state index in [1.54, 1.807) is 0 Å². The van der Waals surface area contributed by atoms with Crippen LogP contribution < -0.4 is 0 Å². The first kappa shape index (κ1) is 9.01. The Hall–Kier alpha value is -0.990. The standard InChI is InChI=1S/C8H13N2/c1-4-5-7-10(2,3)8-6-9/h7-8H2,1-3H3/q+1. The van der Waals surface area contributed by atoms with Crippen LogP contribution in [-0.4, -0.2) is 31.7 Å². The third kappa shape index (κ3) is 3.95. The van der Waals surface area contributed by atoms with Gasteiger partial charge in [0.2, 0.25) is 0 Å². The van der Waals surface area contributed by atoms with Crippen LogP contribution in [0.1, 0.15) is 6.92 Å². The number of quaternary nitrogens is 1. The summed E-state index contributed by atoms with van der Waals surface area (Å²) in [6.07, 6.45) is 0. The molecule has 0 aromatic carbocycles. The van der Waals surface area contributed by atoms with Crippen molar-refractivity contribution in [3.63, 3.8) is 0 Å². The predicted octanol–water partition coefficient (Wildman–Crippen LogP) is 0.610. The first-order valence-electron chi connectivity index (χ1n) is 3.21. The van der Waals surface area contributed by atoms with Crippen molar-refractivity contribution in [1.82, 2.24) is 0 Å². The molecular formula is C8H13N2+. The van der Waals surface area contributed by atoms with Gasteiger partial charge in [0, 0.05) is 0 Å². The second-order valence-corrected chi connectivity index (χ2v) is 2.84. The molecule has 0 saturated carbocycles. The molecule has 0 rings (SSSR count). The number of hydrogen-bond acceptors (Lipinski definition) is 1. The minimum absolute atomic E-state index is 0.522. The Labute approximate surface area is 62.7 Å². The van der Waals surface area contributed by atoms with Gasteiger partial charge in [-0.1, -0.05) is 0 Å². The lowest BCUT2D eigenvalue weighted by atomic mass is 10.4. The molecule has 0 aliphatic carbocycles. The highest BCUT2D eigenvalue weighted by Gasteiger charge is 2.10. The van der Waals surface area contributed by atoms with Crippen LogP contribution in [0.25, 0.3) is 0 Å². The van der Waals surface area contributed by atoms with Crippen molar-refractivity contribution >= 4 is 0 Å². The molecule has 0 heterocycles. The highest BCUT2D eigenvalue weighted by atomic mass is 15.3. The van der Waals surface area contributed by atoms with Gasteiger partial charge >= 0.3 is 0 Å². The molecule has 0 bridgehead atoms. The van der Waals surface area contributed by atoms with Crippen molar-refractivity contribution in [2.24, 2.45) is 0 Å². The minimum atomic E-state index is 0.522. The Morgan fingerprint density at radius 3 is 2.30 bits per heavy atom. The van der Waals surface area contributed by atoms with Gasteiger partial charge in [-0.15, -0.1) is 5.92 Å². The van der Waals surface area contributed by atoms with Crippen LogP contribution in [0.15, 0.2) is 0 Å². The first-order valence-corrected chi connectivity index (χ1v) is 3.21. The van der Waals surface area contributed by atoms with Gasteiger partial charge < -0.3 is 4.48 Å². The molecule has 2 nitrogen and oxygen atoms in total. The fourth-order valence-corrected chi connectivity index (χ4v) is 0.540. The Balaban J connectivity index is 3.85. The highest BCUT2D eigenvalue weighted by molar-refractivity contribution is 4.95. The third-order valence-electron chi connectivity index (χ3n) is 1.18. The lowest BCUT2D eigenvalue weighted by Gasteiger charge is -2.23. The average molecular weight is 137 g/mol. The van der Waals surface area contributed by atoms with E-state index in [2.05, 4.69) is 17.9 Å². The van der Waals surface area contributed by atoms with E-state index in [1.807, 2.05) is 21.0 Å². The quantitative estimate of drug-likeness (QED) is 0.311. The summed E-state index contributed by atoms with van der Waals surface area (Å²) in [4.78, 5) is 0. The second-order valence-electron chi connectivity index (χ2n) is 2.84. The monoisotopic (exact) mass is 137 g/mol. The van der Waals surface area contributed by atoms with E-state index >= 15 is 0 Å². The molecule has 10 heavy (non-hydrogen) atoms. The average Bonchev–Trinajstić information content (AvgIpc) is 1.84. The van der Waals surface area contributed by atoms with Crippen LogP contribution >= 0.6 is 0 Å².